The van der Waals surface area contributed by atoms with Gasteiger partial charge in [-0.15, -0.1) is 0 Å². The van der Waals surface area contributed by atoms with Crippen LogP contribution in [0.25, 0.3) is 0 Å². The van der Waals surface area contributed by atoms with Crippen molar-refractivity contribution < 1.29 is 4.79 Å². The highest BCUT2D eigenvalue weighted by Crippen LogP contribution is 2.19. The van der Waals surface area contributed by atoms with Crippen LogP contribution in [0.4, 0.5) is 5.69 Å². The molecule has 1 saturated heterocycles. The first kappa shape index (κ1) is 15.1. The minimum Gasteiger partial charge on any atom is -0.398 e. The van der Waals surface area contributed by atoms with E-state index in [2.05, 4.69) is 29.2 Å². The minimum atomic E-state index is -0.117. The molecular weight excluding hydrogens is 276 g/mol. The first-order valence-corrected chi connectivity index (χ1v) is 7.07. The van der Waals surface area contributed by atoms with Gasteiger partial charge in [0, 0.05) is 37.8 Å². The fourth-order valence-electron chi connectivity index (χ4n) is 2.30. The summed E-state index contributed by atoms with van der Waals surface area (Å²) >= 11 is 5.93. The standard InChI is InChI=1S/C14H21ClN4O/c1-18-5-6-19(2)11(9-18)8-17-14(20)10-3-4-13(16)12(15)7-10/h3-4,7,11H,5-6,8-9,16H2,1-2H3,(H,17,20). The van der Waals surface area contributed by atoms with Gasteiger partial charge in [0.1, 0.15) is 0 Å². The number of halogens is 1. The molecule has 1 heterocycles. The number of carbonyl (C=O) groups excluding carboxylic acids is 1. The molecule has 0 aromatic heterocycles. The van der Waals surface area contributed by atoms with Crippen molar-refractivity contribution in [1.82, 2.24) is 15.1 Å². The Balaban J connectivity index is 1.92. The maximum absolute atomic E-state index is 12.1. The number of piperazine rings is 1. The number of nitrogens with one attached hydrogen (secondary N) is 1. The zero-order chi connectivity index (χ0) is 14.7. The molecule has 1 fully saturated rings. The highest BCUT2D eigenvalue weighted by Gasteiger charge is 2.22. The number of rotatable bonds is 3. The number of anilines is 1. The molecule has 1 aromatic rings. The Labute approximate surface area is 124 Å². The van der Waals surface area contributed by atoms with Gasteiger partial charge in [0.05, 0.1) is 10.7 Å². The summed E-state index contributed by atoms with van der Waals surface area (Å²) in [6.45, 7) is 3.67. The van der Waals surface area contributed by atoms with Crippen LogP contribution in [0.1, 0.15) is 10.4 Å². The largest absolute Gasteiger partial charge is 0.398 e. The van der Waals surface area contributed by atoms with E-state index in [9.17, 15) is 4.79 Å². The van der Waals surface area contributed by atoms with Crippen molar-refractivity contribution in [1.29, 1.82) is 0 Å². The van der Waals surface area contributed by atoms with E-state index in [1.165, 1.54) is 0 Å². The number of carbonyl (C=O) groups is 1. The van der Waals surface area contributed by atoms with Crippen LogP contribution in [0.2, 0.25) is 5.02 Å². The maximum Gasteiger partial charge on any atom is 0.251 e. The summed E-state index contributed by atoms with van der Waals surface area (Å²) in [7, 11) is 4.19. The fourth-order valence-corrected chi connectivity index (χ4v) is 2.48. The van der Waals surface area contributed by atoms with E-state index in [1.54, 1.807) is 18.2 Å². The van der Waals surface area contributed by atoms with Crippen molar-refractivity contribution >= 4 is 23.2 Å². The van der Waals surface area contributed by atoms with Gasteiger partial charge in [-0.1, -0.05) is 11.6 Å². The number of hydrogen-bond acceptors (Lipinski definition) is 4. The molecule has 1 aliphatic rings. The Morgan fingerprint density at radius 2 is 2.20 bits per heavy atom. The summed E-state index contributed by atoms with van der Waals surface area (Å²) in [5, 5.41) is 3.37. The monoisotopic (exact) mass is 296 g/mol. The molecule has 0 saturated carbocycles. The summed E-state index contributed by atoms with van der Waals surface area (Å²) in [4.78, 5) is 16.6. The van der Waals surface area contributed by atoms with Gasteiger partial charge in [-0.2, -0.15) is 0 Å². The SMILES string of the molecule is CN1CCN(C)C(CNC(=O)c2ccc(N)c(Cl)c2)C1. The predicted molar refractivity (Wildman–Crippen MR) is 82.1 cm³/mol. The fraction of sp³-hybridized carbons (Fsp3) is 0.500. The van der Waals surface area contributed by atoms with Crippen LogP contribution in [0.3, 0.4) is 0 Å². The lowest BCUT2D eigenvalue weighted by Gasteiger charge is -2.37. The summed E-state index contributed by atoms with van der Waals surface area (Å²) in [5.74, 6) is -0.117. The molecule has 110 valence electrons. The third kappa shape index (κ3) is 3.62. The van der Waals surface area contributed by atoms with Crippen LogP contribution >= 0.6 is 11.6 Å². The van der Waals surface area contributed by atoms with Crippen LogP contribution in [-0.4, -0.2) is 62.0 Å². The highest BCUT2D eigenvalue weighted by molar-refractivity contribution is 6.33. The van der Waals surface area contributed by atoms with Crippen LogP contribution in [-0.2, 0) is 0 Å². The van der Waals surface area contributed by atoms with Gasteiger partial charge in [-0.3, -0.25) is 9.69 Å². The highest BCUT2D eigenvalue weighted by atomic mass is 35.5. The average Bonchev–Trinajstić information content (AvgIpc) is 2.42. The quantitative estimate of drug-likeness (QED) is 0.814. The Morgan fingerprint density at radius 3 is 2.90 bits per heavy atom. The van der Waals surface area contributed by atoms with Gasteiger partial charge in [0.15, 0.2) is 0 Å². The summed E-state index contributed by atoms with van der Waals surface area (Å²) in [6, 6.07) is 5.27. The lowest BCUT2D eigenvalue weighted by atomic mass is 10.1. The number of nitrogens with zero attached hydrogens (tertiary/aromatic N) is 2. The first-order chi connectivity index (χ1) is 9.47. The molecule has 3 N–H and O–H groups in total. The Hall–Kier alpha value is -1.30. The lowest BCUT2D eigenvalue weighted by Crippen LogP contribution is -2.54. The van der Waals surface area contributed by atoms with Crippen LogP contribution in [0.15, 0.2) is 18.2 Å². The lowest BCUT2D eigenvalue weighted by molar-refractivity contribution is 0.0881. The third-order valence-corrected chi connectivity index (χ3v) is 4.07. The van der Waals surface area contributed by atoms with Crippen LogP contribution < -0.4 is 11.1 Å². The Morgan fingerprint density at radius 1 is 1.45 bits per heavy atom. The van der Waals surface area contributed by atoms with Gasteiger partial charge in [0.25, 0.3) is 5.91 Å². The molecule has 20 heavy (non-hydrogen) atoms. The van der Waals surface area contributed by atoms with Crippen molar-refractivity contribution in [3.8, 4) is 0 Å². The van der Waals surface area contributed by atoms with Crippen LogP contribution in [0, 0.1) is 0 Å². The summed E-state index contributed by atoms with van der Waals surface area (Å²) in [6.07, 6.45) is 0. The van der Waals surface area contributed by atoms with E-state index >= 15 is 0 Å². The van der Waals surface area contributed by atoms with Gasteiger partial charge >= 0.3 is 0 Å². The van der Waals surface area contributed by atoms with Crippen molar-refractivity contribution in [2.24, 2.45) is 0 Å². The first-order valence-electron chi connectivity index (χ1n) is 6.69. The molecule has 0 bridgehead atoms. The molecule has 0 aliphatic carbocycles. The van der Waals surface area contributed by atoms with Gasteiger partial charge in [-0.25, -0.2) is 0 Å². The maximum atomic E-state index is 12.1. The molecule has 0 radical (unpaired) electrons. The van der Waals surface area contributed by atoms with E-state index in [4.69, 9.17) is 17.3 Å². The van der Waals surface area contributed by atoms with Gasteiger partial charge in [0.2, 0.25) is 0 Å². The molecule has 2 rings (SSSR count). The van der Waals surface area contributed by atoms with Crippen molar-refractivity contribution in [2.75, 3.05) is 46.0 Å². The second-order valence-electron chi connectivity index (χ2n) is 5.34. The number of benzene rings is 1. The second kappa shape index (κ2) is 6.43. The number of nitrogen functional groups attached to an aromatic ring is 1. The molecule has 1 unspecified atom stereocenters. The van der Waals surface area contributed by atoms with E-state index in [1.807, 2.05) is 0 Å². The molecule has 1 aromatic carbocycles. The normalized spacial score (nSPS) is 20.9. The van der Waals surface area contributed by atoms with Gasteiger partial charge < -0.3 is 16.0 Å². The van der Waals surface area contributed by atoms with Crippen LogP contribution in [0.5, 0.6) is 0 Å². The summed E-state index contributed by atoms with van der Waals surface area (Å²) in [5.41, 5.74) is 6.66. The average molecular weight is 297 g/mol. The van der Waals surface area contributed by atoms with Gasteiger partial charge in [-0.05, 0) is 32.3 Å². The molecule has 0 spiro atoms. The zero-order valence-electron chi connectivity index (χ0n) is 11.9. The van der Waals surface area contributed by atoms with E-state index in [0.717, 1.165) is 19.6 Å². The zero-order valence-corrected chi connectivity index (χ0v) is 12.7. The predicted octanol–water partition coefficient (Wildman–Crippen LogP) is 0.898. The minimum absolute atomic E-state index is 0.117. The summed E-state index contributed by atoms with van der Waals surface area (Å²) < 4.78 is 0. The Bertz CT molecular complexity index is 494. The van der Waals surface area contributed by atoms with E-state index in [0.29, 0.717) is 28.9 Å². The second-order valence-corrected chi connectivity index (χ2v) is 5.75. The number of amides is 1. The Kier molecular flexibility index (Phi) is 4.86. The van der Waals surface area contributed by atoms with E-state index in [-0.39, 0.29) is 5.91 Å². The molecule has 1 atom stereocenters. The molecule has 1 aliphatic heterocycles. The molecule has 1 amide bonds. The number of nitrogens with two attached hydrogens (primary N) is 1. The number of likely N-dealkylation sites (N-methyl/N-ethyl adjacent to an activating group) is 2. The molecule has 6 heteroatoms. The third-order valence-electron chi connectivity index (χ3n) is 3.74. The van der Waals surface area contributed by atoms with Crippen molar-refractivity contribution in [3.05, 3.63) is 28.8 Å². The smallest absolute Gasteiger partial charge is 0.251 e. The molecule has 5 nitrogen and oxygen atoms in total. The van der Waals surface area contributed by atoms with Crippen molar-refractivity contribution in [3.63, 3.8) is 0 Å². The molecular formula is C14H21ClN4O. The topological polar surface area (TPSA) is 61.6 Å². The van der Waals surface area contributed by atoms with E-state index < -0.39 is 0 Å². The number of hydrogen-bond donors (Lipinski definition) is 2. The van der Waals surface area contributed by atoms with Crippen molar-refractivity contribution in [2.45, 2.75) is 6.04 Å².